The van der Waals surface area contributed by atoms with Crippen LogP contribution in [0.15, 0.2) is 0 Å². The maximum Gasteiger partial charge on any atom is 0.129 e. The van der Waals surface area contributed by atoms with Gasteiger partial charge in [-0.05, 0) is 26.2 Å². The first-order valence-corrected chi connectivity index (χ1v) is 6.94. The van der Waals surface area contributed by atoms with E-state index in [-0.39, 0.29) is 5.41 Å². The third-order valence-electron chi connectivity index (χ3n) is 3.92. The largest absolute Gasteiger partial charge is 0.383 e. The molecule has 1 aliphatic heterocycles. The van der Waals surface area contributed by atoms with Crippen molar-refractivity contribution < 1.29 is 14.3 Å². The molecule has 0 aliphatic carbocycles. The smallest absolute Gasteiger partial charge is 0.129 e. The molecule has 4 nitrogen and oxygen atoms in total. The van der Waals surface area contributed by atoms with E-state index in [1.807, 2.05) is 0 Å². The van der Waals surface area contributed by atoms with Gasteiger partial charge in [0.1, 0.15) is 6.29 Å². The molecule has 0 amide bonds. The minimum atomic E-state index is -0.310. The van der Waals surface area contributed by atoms with Gasteiger partial charge >= 0.3 is 0 Å². The van der Waals surface area contributed by atoms with Gasteiger partial charge in [-0.15, -0.1) is 0 Å². The Kier molecular flexibility index (Phi) is 6.82. The SMILES string of the molecule is CCC(C)N(CCOC)CC1(C=O)CCCOC1. The lowest BCUT2D eigenvalue weighted by Crippen LogP contribution is -2.48. The molecule has 1 fully saturated rings. The Hall–Kier alpha value is -0.450. The fourth-order valence-electron chi connectivity index (χ4n) is 2.46. The molecule has 0 aromatic carbocycles. The molecule has 106 valence electrons. The van der Waals surface area contributed by atoms with Gasteiger partial charge in [0.2, 0.25) is 0 Å². The van der Waals surface area contributed by atoms with Crippen LogP contribution in [-0.4, -0.2) is 57.2 Å². The molecule has 2 atom stereocenters. The fourth-order valence-corrected chi connectivity index (χ4v) is 2.46. The second-order valence-electron chi connectivity index (χ2n) is 5.36. The molecule has 1 aliphatic rings. The summed E-state index contributed by atoms with van der Waals surface area (Å²) in [6.45, 7) is 8.11. The normalized spacial score (nSPS) is 26.2. The van der Waals surface area contributed by atoms with Gasteiger partial charge in [-0.3, -0.25) is 4.90 Å². The molecule has 0 bridgehead atoms. The van der Waals surface area contributed by atoms with Crippen molar-refractivity contribution in [2.45, 2.75) is 39.2 Å². The van der Waals surface area contributed by atoms with E-state index in [1.54, 1.807) is 7.11 Å². The zero-order chi connectivity index (χ0) is 13.4. The van der Waals surface area contributed by atoms with Crippen molar-refractivity contribution >= 4 is 6.29 Å². The van der Waals surface area contributed by atoms with Gasteiger partial charge in [0.25, 0.3) is 0 Å². The highest BCUT2D eigenvalue weighted by atomic mass is 16.5. The number of hydrogen-bond donors (Lipinski definition) is 0. The van der Waals surface area contributed by atoms with Gasteiger partial charge in [0, 0.05) is 32.8 Å². The summed E-state index contributed by atoms with van der Waals surface area (Å²) in [5.74, 6) is 0. The molecule has 4 heteroatoms. The lowest BCUT2D eigenvalue weighted by molar-refractivity contribution is -0.126. The van der Waals surface area contributed by atoms with Crippen LogP contribution in [0.3, 0.4) is 0 Å². The van der Waals surface area contributed by atoms with E-state index in [2.05, 4.69) is 18.7 Å². The second-order valence-corrected chi connectivity index (χ2v) is 5.36. The summed E-state index contributed by atoms with van der Waals surface area (Å²) in [7, 11) is 1.72. The van der Waals surface area contributed by atoms with Crippen molar-refractivity contribution in [3.63, 3.8) is 0 Å². The summed E-state index contributed by atoms with van der Waals surface area (Å²) < 4.78 is 10.7. The fraction of sp³-hybridized carbons (Fsp3) is 0.929. The minimum absolute atomic E-state index is 0.310. The molecule has 18 heavy (non-hydrogen) atoms. The Bertz CT molecular complexity index is 239. The number of ether oxygens (including phenoxy) is 2. The third kappa shape index (κ3) is 4.34. The molecule has 0 spiro atoms. The number of carbonyl (C=O) groups excluding carboxylic acids is 1. The maximum atomic E-state index is 11.5. The molecule has 0 radical (unpaired) electrons. The lowest BCUT2D eigenvalue weighted by atomic mass is 9.83. The number of hydrogen-bond acceptors (Lipinski definition) is 4. The zero-order valence-corrected chi connectivity index (χ0v) is 12.0. The van der Waals surface area contributed by atoms with Crippen molar-refractivity contribution in [3.05, 3.63) is 0 Å². The van der Waals surface area contributed by atoms with Crippen LogP contribution in [0.5, 0.6) is 0 Å². The molecule has 1 saturated heterocycles. The molecule has 1 rings (SSSR count). The van der Waals surface area contributed by atoms with Gasteiger partial charge in [0.05, 0.1) is 18.6 Å². The van der Waals surface area contributed by atoms with Gasteiger partial charge in [-0.25, -0.2) is 0 Å². The van der Waals surface area contributed by atoms with Crippen molar-refractivity contribution in [1.82, 2.24) is 4.90 Å². The number of nitrogens with zero attached hydrogens (tertiary/aromatic N) is 1. The highest BCUT2D eigenvalue weighted by Crippen LogP contribution is 2.28. The summed E-state index contributed by atoms with van der Waals surface area (Å²) in [6, 6.07) is 0.471. The van der Waals surface area contributed by atoms with Crippen LogP contribution in [0.1, 0.15) is 33.1 Å². The number of methoxy groups -OCH3 is 1. The van der Waals surface area contributed by atoms with Crippen LogP contribution < -0.4 is 0 Å². The Morgan fingerprint density at radius 3 is 2.83 bits per heavy atom. The highest BCUT2D eigenvalue weighted by Gasteiger charge is 2.35. The third-order valence-corrected chi connectivity index (χ3v) is 3.92. The zero-order valence-electron chi connectivity index (χ0n) is 12.0. The molecular weight excluding hydrogens is 230 g/mol. The molecule has 0 aromatic rings. The first-order chi connectivity index (χ1) is 8.67. The summed E-state index contributed by atoms with van der Waals surface area (Å²) in [5, 5.41) is 0. The minimum Gasteiger partial charge on any atom is -0.383 e. The predicted octanol–water partition coefficient (Wildman–Crippen LogP) is 1.73. The monoisotopic (exact) mass is 257 g/mol. The summed E-state index contributed by atoms with van der Waals surface area (Å²) >= 11 is 0. The summed E-state index contributed by atoms with van der Waals surface area (Å²) in [5.41, 5.74) is -0.310. The second kappa shape index (κ2) is 7.87. The Morgan fingerprint density at radius 1 is 1.56 bits per heavy atom. The van der Waals surface area contributed by atoms with E-state index >= 15 is 0 Å². The topological polar surface area (TPSA) is 38.8 Å². The molecule has 2 unspecified atom stereocenters. The van der Waals surface area contributed by atoms with Crippen LogP contribution in [0, 0.1) is 5.41 Å². The van der Waals surface area contributed by atoms with Crippen LogP contribution in [0.4, 0.5) is 0 Å². The van der Waals surface area contributed by atoms with E-state index in [1.165, 1.54) is 0 Å². The van der Waals surface area contributed by atoms with Crippen molar-refractivity contribution in [1.29, 1.82) is 0 Å². The average Bonchev–Trinajstić information content (AvgIpc) is 2.43. The Balaban J connectivity index is 2.63. The summed E-state index contributed by atoms with van der Waals surface area (Å²) in [6.07, 6.45) is 4.11. The van der Waals surface area contributed by atoms with E-state index in [9.17, 15) is 4.79 Å². The molecule has 0 saturated carbocycles. The molecule has 0 N–H and O–H groups in total. The van der Waals surface area contributed by atoms with Gasteiger partial charge in [0.15, 0.2) is 0 Å². The standard InChI is InChI=1S/C14H27NO3/c1-4-13(2)15(7-9-17-3)10-14(11-16)6-5-8-18-12-14/h11,13H,4-10,12H2,1-3H3. The van der Waals surface area contributed by atoms with E-state index in [4.69, 9.17) is 9.47 Å². The number of aldehydes is 1. The average molecular weight is 257 g/mol. The predicted molar refractivity (Wildman–Crippen MR) is 71.8 cm³/mol. The number of rotatable bonds is 8. The van der Waals surface area contributed by atoms with Crippen LogP contribution >= 0.6 is 0 Å². The maximum absolute atomic E-state index is 11.5. The summed E-state index contributed by atoms with van der Waals surface area (Å²) in [4.78, 5) is 13.8. The van der Waals surface area contributed by atoms with Crippen LogP contribution in [0.25, 0.3) is 0 Å². The first kappa shape index (κ1) is 15.6. The van der Waals surface area contributed by atoms with E-state index in [0.29, 0.717) is 19.3 Å². The quantitative estimate of drug-likeness (QED) is 0.621. The first-order valence-electron chi connectivity index (χ1n) is 6.94. The van der Waals surface area contributed by atoms with Gasteiger partial charge in [-0.1, -0.05) is 6.92 Å². The van der Waals surface area contributed by atoms with E-state index < -0.39 is 0 Å². The van der Waals surface area contributed by atoms with Crippen LogP contribution in [0.2, 0.25) is 0 Å². The molecule has 0 aromatic heterocycles. The molecule has 1 heterocycles. The van der Waals surface area contributed by atoms with Gasteiger partial charge < -0.3 is 14.3 Å². The van der Waals surface area contributed by atoms with Crippen molar-refractivity contribution in [2.24, 2.45) is 5.41 Å². The Labute approximate surface area is 111 Å². The lowest BCUT2D eigenvalue weighted by Gasteiger charge is -2.39. The van der Waals surface area contributed by atoms with E-state index in [0.717, 1.165) is 45.2 Å². The highest BCUT2D eigenvalue weighted by molar-refractivity contribution is 5.60. The van der Waals surface area contributed by atoms with Crippen molar-refractivity contribution in [3.8, 4) is 0 Å². The Morgan fingerprint density at radius 2 is 2.33 bits per heavy atom. The number of carbonyl (C=O) groups is 1. The van der Waals surface area contributed by atoms with Crippen molar-refractivity contribution in [2.75, 3.05) is 40.0 Å². The van der Waals surface area contributed by atoms with Crippen LogP contribution in [-0.2, 0) is 14.3 Å². The molecular formula is C14H27NO3. The van der Waals surface area contributed by atoms with Gasteiger partial charge in [-0.2, -0.15) is 0 Å².